The lowest BCUT2D eigenvalue weighted by atomic mass is 10.1. The maximum Gasteiger partial charge on any atom is 0.340 e. The normalized spacial score (nSPS) is 10.1. The molecule has 0 radical (unpaired) electrons. The fraction of sp³-hybridized carbons (Fsp3) is 0.235. The number of methoxy groups -OCH3 is 1. The van der Waals surface area contributed by atoms with Crippen molar-refractivity contribution in [1.29, 1.82) is 0 Å². The fourth-order valence-electron chi connectivity index (χ4n) is 2.11. The maximum atomic E-state index is 12.1. The van der Waals surface area contributed by atoms with Gasteiger partial charge in [0.1, 0.15) is 5.75 Å². The van der Waals surface area contributed by atoms with Crippen LogP contribution in [0.3, 0.4) is 0 Å². The van der Waals surface area contributed by atoms with E-state index in [1.54, 1.807) is 32.2 Å². The predicted octanol–water partition coefficient (Wildman–Crippen LogP) is 3.51. The SMILES string of the molecule is CCOC(=O)c1cc(N)ccc1Nc1cc(C)ccc1OC. The van der Waals surface area contributed by atoms with Crippen molar-refractivity contribution in [2.75, 3.05) is 24.8 Å². The van der Waals surface area contributed by atoms with Crippen LogP contribution in [0, 0.1) is 6.92 Å². The van der Waals surface area contributed by atoms with Gasteiger partial charge in [-0.25, -0.2) is 4.79 Å². The molecule has 5 nitrogen and oxygen atoms in total. The number of ether oxygens (including phenoxy) is 2. The monoisotopic (exact) mass is 300 g/mol. The number of rotatable bonds is 5. The summed E-state index contributed by atoms with van der Waals surface area (Å²) in [4.78, 5) is 12.1. The Morgan fingerprint density at radius 1 is 1.18 bits per heavy atom. The van der Waals surface area contributed by atoms with Crippen LogP contribution in [0.25, 0.3) is 0 Å². The summed E-state index contributed by atoms with van der Waals surface area (Å²) in [6, 6.07) is 10.9. The highest BCUT2D eigenvalue weighted by molar-refractivity contribution is 5.97. The van der Waals surface area contributed by atoms with E-state index in [1.165, 1.54) is 0 Å². The van der Waals surface area contributed by atoms with Gasteiger partial charge in [-0.15, -0.1) is 0 Å². The molecule has 0 fully saturated rings. The van der Waals surface area contributed by atoms with Gasteiger partial charge in [-0.05, 0) is 49.7 Å². The van der Waals surface area contributed by atoms with E-state index in [-0.39, 0.29) is 0 Å². The second kappa shape index (κ2) is 6.85. The number of benzene rings is 2. The molecular weight excluding hydrogens is 280 g/mol. The molecule has 0 heterocycles. The highest BCUT2D eigenvalue weighted by Gasteiger charge is 2.14. The average molecular weight is 300 g/mol. The largest absolute Gasteiger partial charge is 0.495 e. The molecule has 22 heavy (non-hydrogen) atoms. The number of esters is 1. The molecule has 3 N–H and O–H groups in total. The number of hydrogen-bond donors (Lipinski definition) is 2. The molecule has 0 aromatic heterocycles. The topological polar surface area (TPSA) is 73.6 Å². The van der Waals surface area contributed by atoms with Gasteiger partial charge in [0, 0.05) is 5.69 Å². The number of carbonyl (C=O) groups is 1. The smallest absolute Gasteiger partial charge is 0.340 e. The third-order valence-corrected chi connectivity index (χ3v) is 3.16. The number of nitrogen functional groups attached to an aromatic ring is 1. The molecule has 116 valence electrons. The molecule has 0 saturated carbocycles. The van der Waals surface area contributed by atoms with Crippen molar-refractivity contribution >= 4 is 23.0 Å². The van der Waals surface area contributed by atoms with Crippen molar-refractivity contribution in [2.24, 2.45) is 0 Å². The maximum absolute atomic E-state index is 12.1. The average Bonchev–Trinajstić information content (AvgIpc) is 2.49. The fourth-order valence-corrected chi connectivity index (χ4v) is 2.11. The van der Waals surface area contributed by atoms with Crippen LogP contribution in [-0.2, 0) is 4.74 Å². The van der Waals surface area contributed by atoms with Gasteiger partial charge in [0.2, 0.25) is 0 Å². The molecule has 0 aliphatic rings. The summed E-state index contributed by atoms with van der Waals surface area (Å²) in [5.41, 5.74) is 9.15. The Kier molecular flexibility index (Phi) is 4.88. The Morgan fingerprint density at radius 2 is 1.95 bits per heavy atom. The highest BCUT2D eigenvalue weighted by Crippen LogP contribution is 2.31. The Balaban J connectivity index is 2.41. The van der Waals surface area contributed by atoms with E-state index in [0.29, 0.717) is 29.3 Å². The highest BCUT2D eigenvalue weighted by atomic mass is 16.5. The van der Waals surface area contributed by atoms with E-state index in [4.69, 9.17) is 15.2 Å². The van der Waals surface area contributed by atoms with E-state index < -0.39 is 5.97 Å². The Bertz CT molecular complexity index is 684. The van der Waals surface area contributed by atoms with Gasteiger partial charge in [-0.2, -0.15) is 0 Å². The minimum absolute atomic E-state index is 0.306. The number of nitrogens with one attached hydrogen (secondary N) is 1. The van der Waals surface area contributed by atoms with Crippen molar-refractivity contribution in [3.8, 4) is 5.75 Å². The molecule has 5 heteroatoms. The Hall–Kier alpha value is -2.69. The van der Waals surface area contributed by atoms with Crippen molar-refractivity contribution < 1.29 is 14.3 Å². The lowest BCUT2D eigenvalue weighted by Gasteiger charge is -2.15. The van der Waals surface area contributed by atoms with Crippen molar-refractivity contribution in [3.63, 3.8) is 0 Å². The van der Waals surface area contributed by atoms with E-state index in [0.717, 1.165) is 11.3 Å². The molecule has 0 amide bonds. The number of aryl methyl sites for hydroxylation is 1. The van der Waals surface area contributed by atoms with Crippen LogP contribution in [0.2, 0.25) is 0 Å². The molecule has 0 atom stereocenters. The summed E-state index contributed by atoms with van der Waals surface area (Å²) in [5, 5.41) is 3.22. The minimum atomic E-state index is -0.413. The second-order valence-electron chi connectivity index (χ2n) is 4.85. The van der Waals surface area contributed by atoms with E-state index >= 15 is 0 Å². The standard InChI is InChI=1S/C17H20N2O3/c1-4-22-17(20)13-10-12(18)6-7-14(13)19-15-9-11(2)5-8-16(15)21-3/h5-10,19H,4,18H2,1-3H3. The molecule has 0 spiro atoms. The third kappa shape index (κ3) is 3.49. The van der Waals surface area contributed by atoms with Crippen LogP contribution in [0.15, 0.2) is 36.4 Å². The van der Waals surface area contributed by atoms with Crippen molar-refractivity contribution in [1.82, 2.24) is 0 Å². The molecule has 0 aliphatic carbocycles. The summed E-state index contributed by atoms with van der Waals surface area (Å²) in [7, 11) is 1.60. The van der Waals surface area contributed by atoms with E-state index in [9.17, 15) is 4.79 Å². The Morgan fingerprint density at radius 3 is 2.64 bits per heavy atom. The predicted molar refractivity (Wildman–Crippen MR) is 87.8 cm³/mol. The molecule has 0 unspecified atom stereocenters. The Labute approximate surface area is 130 Å². The number of nitrogens with two attached hydrogens (primary N) is 1. The first-order valence-corrected chi connectivity index (χ1v) is 7.03. The van der Waals surface area contributed by atoms with Crippen molar-refractivity contribution in [2.45, 2.75) is 13.8 Å². The molecular formula is C17H20N2O3. The van der Waals surface area contributed by atoms with Gasteiger partial charge in [0.05, 0.1) is 30.7 Å². The first-order chi connectivity index (χ1) is 10.5. The molecule has 2 aromatic rings. The summed E-state index contributed by atoms with van der Waals surface area (Å²) < 4.78 is 10.4. The summed E-state index contributed by atoms with van der Waals surface area (Å²) in [6.07, 6.45) is 0. The summed E-state index contributed by atoms with van der Waals surface area (Å²) in [5.74, 6) is 0.279. The summed E-state index contributed by atoms with van der Waals surface area (Å²) in [6.45, 7) is 4.06. The molecule has 0 saturated heterocycles. The number of anilines is 3. The number of hydrogen-bond acceptors (Lipinski definition) is 5. The van der Waals surface area contributed by atoms with Crippen LogP contribution >= 0.6 is 0 Å². The first-order valence-electron chi connectivity index (χ1n) is 7.03. The zero-order chi connectivity index (χ0) is 16.1. The molecule has 0 aliphatic heterocycles. The zero-order valence-corrected chi connectivity index (χ0v) is 13.0. The third-order valence-electron chi connectivity index (χ3n) is 3.16. The van der Waals surface area contributed by atoms with Crippen LogP contribution in [-0.4, -0.2) is 19.7 Å². The van der Waals surface area contributed by atoms with Crippen molar-refractivity contribution in [3.05, 3.63) is 47.5 Å². The lowest BCUT2D eigenvalue weighted by molar-refractivity contribution is 0.0527. The van der Waals surface area contributed by atoms with Gasteiger partial charge in [-0.1, -0.05) is 6.07 Å². The molecule has 2 aromatic carbocycles. The second-order valence-corrected chi connectivity index (χ2v) is 4.85. The van der Waals surface area contributed by atoms with Crippen LogP contribution < -0.4 is 15.8 Å². The van der Waals surface area contributed by atoms with Gasteiger partial charge in [-0.3, -0.25) is 0 Å². The molecule has 2 rings (SSSR count). The minimum Gasteiger partial charge on any atom is -0.495 e. The van der Waals surface area contributed by atoms with E-state index in [1.807, 2.05) is 25.1 Å². The first kappa shape index (κ1) is 15.7. The zero-order valence-electron chi connectivity index (χ0n) is 13.0. The van der Waals surface area contributed by atoms with Gasteiger partial charge < -0.3 is 20.5 Å². The molecule has 0 bridgehead atoms. The lowest BCUT2D eigenvalue weighted by Crippen LogP contribution is -2.09. The van der Waals surface area contributed by atoms with Gasteiger partial charge in [0.25, 0.3) is 0 Å². The van der Waals surface area contributed by atoms with E-state index in [2.05, 4.69) is 5.32 Å². The van der Waals surface area contributed by atoms with Crippen LogP contribution in [0.4, 0.5) is 17.1 Å². The quantitative estimate of drug-likeness (QED) is 0.653. The number of carbonyl (C=O) groups excluding carboxylic acids is 1. The van der Waals surface area contributed by atoms with Gasteiger partial charge in [0.15, 0.2) is 0 Å². The summed E-state index contributed by atoms with van der Waals surface area (Å²) >= 11 is 0. The van der Waals surface area contributed by atoms with Crippen LogP contribution in [0.1, 0.15) is 22.8 Å². The van der Waals surface area contributed by atoms with Crippen LogP contribution in [0.5, 0.6) is 5.75 Å². The van der Waals surface area contributed by atoms with Gasteiger partial charge >= 0.3 is 5.97 Å².